The smallest absolute Gasteiger partial charge is 0.321 e. The van der Waals surface area contributed by atoms with Crippen molar-refractivity contribution in [2.45, 2.75) is 12.8 Å². The third-order valence-corrected chi connectivity index (χ3v) is 5.74. The third kappa shape index (κ3) is 4.61. The van der Waals surface area contributed by atoms with Crippen LogP contribution in [0, 0.1) is 0 Å². The number of nitrogens with zero attached hydrogens (tertiary/aromatic N) is 4. The van der Waals surface area contributed by atoms with Gasteiger partial charge >= 0.3 is 12.1 Å². The fraction of sp³-hybridized carbons (Fsp3) is 0.550. The molecule has 9 nitrogen and oxygen atoms in total. The molecule has 5 amide bonds. The normalized spacial score (nSPS) is 20.1. The van der Waals surface area contributed by atoms with Crippen molar-refractivity contribution in [3.05, 3.63) is 24.3 Å². The Labute approximate surface area is 170 Å². The minimum atomic E-state index is -0.154. The van der Waals surface area contributed by atoms with Crippen LogP contribution in [-0.2, 0) is 4.79 Å². The van der Waals surface area contributed by atoms with Crippen LogP contribution in [0.5, 0.6) is 0 Å². The van der Waals surface area contributed by atoms with Crippen LogP contribution >= 0.6 is 0 Å². The van der Waals surface area contributed by atoms with Crippen molar-refractivity contribution in [1.82, 2.24) is 20.0 Å². The minimum absolute atomic E-state index is 0.118. The van der Waals surface area contributed by atoms with E-state index in [-0.39, 0.29) is 18.0 Å². The molecule has 1 aromatic rings. The summed E-state index contributed by atoms with van der Waals surface area (Å²) in [7, 11) is 0. The number of carbonyl (C=O) groups is 3. The molecule has 4 rings (SSSR count). The molecule has 3 aliphatic heterocycles. The van der Waals surface area contributed by atoms with Crippen molar-refractivity contribution in [3.8, 4) is 0 Å². The van der Waals surface area contributed by atoms with E-state index < -0.39 is 0 Å². The molecule has 0 aromatic heterocycles. The number of piperazine rings is 1. The largest absolute Gasteiger partial charge is 0.342 e. The van der Waals surface area contributed by atoms with Crippen LogP contribution in [0.1, 0.15) is 12.8 Å². The number of anilines is 2. The van der Waals surface area contributed by atoms with E-state index in [1.807, 2.05) is 29.2 Å². The van der Waals surface area contributed by atoms with Crippen molar-refractivity contribution in [3.63, 3.8) is 0 Å². The molecule has 29 heavy (non-hydrogen) atoms. The number of urea groups is 2. The van der Waals surface area contributed by atoms with Gasteiger partial charge in [0.05, 0.1) is 6.54 Å². The number of likely N-dealkylation sites (tertiary alicyclic amines) is 1. The highest BCUT2D eigenvalue weighted by molar-refractivity contribution is 5.95. The zero-order valence-corrected chi connectivity index (χ0v) is 16.6. The molecule has 0 atom stereocenters. The van der Waals surface area contributed by atoms with Gasteiger partial charge in [-0.1, -0.05) is 6.07 Å². The van der Waals surface area contributed by atoms with Gasteiger partial charge in [0.25, 0.3) is 0 Å². The lowest BCUT2D eigenvalue weighted by Crippen LogP contribution is -2.52. The summed E-state index contributed by atoms with van der Waals surface area (Å²) in [6.45, 7) is 6.01. The first-order valence-electron chi connectivity index (χ1n) is 10.3. The molecule has 0 unspecified atom stereocenters. The predicted octanol–water partition coefficient (Wildman–Crippen LogP) is 0.988. The Morgan fingerprint density at radius 2 is 1.72 bits per heavy atom. The van der Waals surface area contributed by atoms with Crippen LogP contribution in [0.25, 0.3) is 0 Å². The quantitative estimate of drug-likeness (QED) is 0.789. The minimum Gasteiger partial charge on any atom is -0.342 e. The van der Waals surface area contributed by atoms with Crippen molar-refractivity contribution >= 4 is 29.3 Å². The van der Waals surface area contributed by atoms with Gasteiger partial charge in [-0.25, -0.2) is 9.59 Å². The average molecular weight is 400 g/mol. The molecule has 0 aliphatic carbocycles. The molecule has 0 radical (unpaired) electrons. The topological polar surface area (TPSA) is 88.2 Å². The van der Waals surface area contributed by atoms with Crippen LogP contribution in [0.2, 0.25) is 0 Å². The maximum atomic E-state index is 12.6. The lowest BCUT2D eigenvalue weighted by molar-refractivity contribution is -0.131. The Bertz CT molecular complexity index is 771. The summed E-state index contributed by atoms with van der Waals surface area (Å²) >= 11 is 0. The zero-order chi connectivity index (χ0) is 20.2. The van der Waals surface area contributed by atoms with Crippen LogP contribution in [0.4, 0.5) is 21.0 Å². The summed E-state index contributed by atoms with van der Waals surface area (Å²) in [4.78, 5) is 44.2. The average Bonchev–Trinajstić information content (AvgIpc) is 3.40. The Balaban J connectivity index is 1.27. The van der Waals surface area contributed by atoms with Crippen molar-refractivity contribution < 1.29 is 14.4 Å². The van der Waals surface area contributed by atoms with E-state index in [2.05, 4.69) is 15.5 Å². The highest BCUT2D eigenvalue weighted by Crippen LogP contribution is 2.21. The molecule has 156 valence electrons. The summed E-state index contributed by atoms with van der Waals surface area (Å²) in [5.74, 6) is 0.197. The van der Waals surface area contributed by atoms with Crippen LogP contribution in [0.3, 0.4) is 0 Å². The highest BCUT2D eigenvalue weighted by Gasteiger charge is 2.26. The molecule has 3 heterocycles. The van der Waals surface area contributed by atoms with Gasteiger partial charge in [-0.2, -0.15) is 0 Å². The fourth-order valence-corrected chi connectivity index (χ4v) is 4.04. The Morgan fingerprint density at radius 3 is 2.41 bits per heavy atom. The zero-order valence-electron chi connectivity index (χ0n) is 16.6. The number of hydrogen-bond acceptors (Lipinski definition) is 4. The molecule has 1 aromatic carbocycles. The van der Waals surface area contributed by atoms with E-state index in [1.54, 1.807) is 9.80 Å². The van der Waals surface area contributed by atoms with Gasteiger partial charge in [0, 0.05) is 63.7 Å². The number of rotatable bonds is 4. The molecule has 3 aliphatic rings. The third-order valence-electron chi connectivity index (χ3n) is 5.74. The van der Waals surface area contributed by atoms with E-state index in [9.17, 15) is 14.4 Å². The van der Waals surface area contributed by atoms with Crippen LogP contribution in [-0.4, -0.2) is 91.6 Å². The van der Waals surface area contributed by atoms with Crippen molar-refractivity contribution in [2.75, 3.05) is 69.1 Å². The molecular formula is C20H28N6O3. The van der Waals surface area contributed by atoms with E-state index in [0.29, 0.717) is 51.5 Å². The SMILES string of the molecule is O=C(CN1CCN(C(=O)Nc2cccc(N3CCNC3=O)c2)CC1)N1CCCC1. The van der Waals surface area contributed by atoms with Crippen LogP contribution < -0.4 is 15.5 Å². The Morgan fingerprint density at radius 1 is 0.966 bits per heavy atom. The number of carbonyl (C=O) groups excluding carboxylic acids is 3. The fourth-order valence-electron chi connectivity index (χ4n) is 4.04. The summed E-state index contributed by atoms with van der Waals surface area (Å²) in [5.41, 5.74) is 1.43. The molecule has 0 spiro atoms. The lowest BCUT2D eigenvalue weighted by atomic mass is 10.2. The molecule has 3 fully saturated rings. The molecule has 2 N–H and O–H groups in total. The summed E-state index contributed by atoms with van der Waals surface area (Å²) < 4.78 is 0. The second-order valence-corrected chi connectivity index (χ2v) is 7.72. The van der Waals surface area contributed by atoms with Crippen LogP contribution in [0.15, 0.2) is 24.3 Å². The predicted molar refractivity (Wildman–Crippen MR) is 110 cm³/mol. The second kappa shape index (κ2) is 8.69. The number of amides is 5. The van der Waals surface area contributed by atoms with Crippen molar-refractivity contribution in [2.24, 2.45) is 0 Å². The monoisotopic (exact) mass is 400 g/mol. The molecular weight excluding hydrogens is 372 g/mol. The van der Waals surface area contributed by atoms with Gasteiger partial charge in [-0.15, -0.1) is 0 Å². The first kappa shape index (κ1) is 19.5. The Hall–Kier alpha value is -2.81. The van der Waals surface area contributed by atoms with Gasteiger partial charge in [0.1, 0.15) is 0 Å². The van der Waals surface area contributed by atoms with E-state index >= 15 is 0 Å². The molecule has 9 heteroatoms. The molecule has 0 saturated carbocycles. The van der Waals surface area contributed by atoms with Gasteiger partial charge in [0.15, 0.2) is 0 Å². The first-order valence-corrected chi connectivity index (χ1v) is 10.3. The molecule has 0 bridgehead atoms. The number of hydrogen-bond donors (Lipinski definition) is 2. The van der Waals surface area contributed by atoms with Gasteiger partial charge in [0.2, 0.25) is 5.91 Å². The number of nitrogens with one attached hydrogen (secondary N) is 2. The van der Waals surface area contributed by atoms with E-state index in [0.717, 1.165) is 31.6 Å². The van der Waals surface area contributed by atoms with Gasteiger partial charge < -0.3 is 20.4 Å². The second-order valence-electron chi connectivity index (χ2n) is 7.72. The maximum Gasteiger partial charge on any atom is 0.321 e. The summed E-state index contributed by atoms with van der Waals surface area (Å²) in [6.07, 6.45) is 2.20. The maximum absolute atomic E-state index is 12.6. The van der Waals surface area contributed by atoms with Gasteiger partial charge in [-0.05, 0) is 31.0 Å². The lowest BCUT2D eigenvalue weighted by Gasteiger charge is -2.35. The van der Waals surface area contributed by atoms with E-state index in [4.69, 9.17) is 0 Å². The summed E-state index contributed by atoms with van der Waals surface area (Å²) in [5, 5.41) is 5.70. The van der Waals surface area contributed by atoms with Gasteiger partial charge in [-0.3, -0.25) is 14.6 Å². The van der Waals surface area contributed by atoms with E-state index in [1.165, 1.54) is 0 Å². The first-order chi connectivity index (χ1) is 14.1. The van der Waals surface area contributed by atoms with Crippen molar-refractivity contribution in [1.29, 1.82) is 0 Å². The summed E-state index contributed by atoms with van der Waals surface area (Å²) in [6, 6.07) is 7.05. The number of benzene rings is 1. The molecule has 3 saturated heterocycles. The standard InChI is InChI=1S/C20H28N6O3/c27-18(24-7-1-2-8-24)15-23-10-12-25(13-11-23)20(29)22-16-4-3-5-17(14-16)26-9-6-21-19(26)28/h3-5,14H,1-2,6-13,15H2,(H,21,28)(H,22,29). The highest BCUT2D eigenvalue weighted by atomic mass is 16.2. The Kier molecular flexibility index (Phi) is 5.84.